The van der Waals surface area contributed by atoms with Crippen LogP contribution in [0.5, 0.6) is 5.75 Å². The number of rotatable bonds is 6. The first kappa shape index (κ1) is 12.1. The summed E-state index contributed by atoms with van der Waals surface area (Å²) in [4.78, 5) is 11.4. The highest BCUT2D eigenvalue weighted by Crippen LogP contribution is 2.08. The van der Waals surface area contributed by atoms with Gasteiger partial charge in [0.2, 0.25) is 11.2 Å². The van der Waals surface area contributed by atoms with E-state index in [-0.39, 0.29) is 17.1 Å². The van der Waals surface area contributed by atoms with Crippen molar-refractivity contribution in [3.8, 4) is 5.75 Å². The summed E-state index contributed by atoms with van der Waals surface area (Å²) in [5.41, 5.74) is -0.173. The van der Waals surface area contributed by atoms with Gasteiger partial charge in [0.25, 0.3) is 0 Å². The van der Waals surface area contributed by atoms with E-state index in [0.717, 1.165) is 19.3 Å². The molecule has 4 heteroatoms. The molecule has 0 aliphatic heterocycles. The van der Waals surface area contributed by atoms with Crippen LogP contribution in [0.25, 0.3) is 0 Å². The van der Waals surface area contributed by atoms with E-state index in [9.17, 15) is 4.79 Å². The molecule has 1 aromatic rings. The van der Waals surface area contributed by atoms with Crippen LogP contribution < -0.4 is 10.2 Å². The van der Waals surface area contributed by atoms with E-state index >= 15 is 0 Å². The lowest BCUT2D eigenvalue weighted by Gasteiger charge is -2.04. The highest BCUT2D eigenvalue weighted by Gasteiger charge is 2.03. The van der Waals surface area contributed by atoms with Crippen molar-refractivity contribution in [3.63, 3.8) is 0 Å². The number of ether oxygens (including phenoxy) is 1. The Hall–Kier alpha value is -0.960. The summed E-state index contributed by atoms with van der Waals surface area (Å²) in [6.45, 7) is 2.67. The second-order valence-electron chi connectivity index (χ2n) is 3.26. The van der Waals surface area contributed by atoms with E-state index in [1.165, 1.54) is 12.3 Å². The minimum absolute atomic E-state index is 0.173. The normalized spacial score (nSPS) is 10.3. The quantitative estimate of drug-likeness (QED) is 0.557. The zero-order valence-corrected chi connectivity index (χ0v) is 9.55. The number of unbranched alkanes of at least 4 members (excludes halogenated alkanes) is 2. The molecule has 0 aliphatic rings. The molecule has 0 aromatic carbocycles. The first-order valence-corrected chi connectivity index (χ1v) is 5.62. The van der Waals surface area contributed by atoms with Crippen molar-refractivity contribution in [2.75, 3.05) is 6.61 Å². The molecule has 0 saturated heterocycles. The summed E-state index contributed by atoms with van der Waals surface area (Å²) < 4.78 is 10.4. The molecule has 3 nitrogen and oxygen atoms in total. The summed E-state index contributed by atoms with van der Waals surface area (Å²) in [6.07, 6.45) is 4.51. The molecule has 15 heavy (non-hydrogen) atoms. The molecule has 0 aliphatic carbocycles. The fraction of sp³-hybridized carbons (Fsp3) is 0.545. The number of hydrogen-bond acceptors (Lipinski definition) is 3. The van der Waals surface area contributed by atoms with Crippen LogP contribution in [0.4, 0.5) is 0 Å². The molecule has 0 N–H and O–H groups in total. The van der Waals surface area contributed by atoms with Gasteiger partial charge in [0, 0.05) is 6.07 Å². The summed E-state index contributed by atoms with van der Waals surface area (Å²) >= 11 is 5.52. The molecule has 0 unspecified atom stereocenters. The van der Waals surface area contributed by atoms with Gasteiger partial charge in [0.1, 0.15) is 12.0 Å². The molecule has 0 amide bonds. The molecular formula is C11H15ClO3. The topological polar surface area (TPSA) is 39.4 Å². The van der Waals surface area contributed by atoms with Crippen molar-refractivity contribution in [2.24, 2.45) is 0 Å². The van der Waals surface area contributed by atoms with Crippen LogP contribution in [0.15, 0.2) is 21.5 Å². The van der Waals surface area contributed by atoms with E-state index in [1.807, 2.05) is 0 Å². The van der Waals surface area contributed by atoms with Gasteiger partial charge in [0.05, 0.1) is 12.5 Å². The average molecular weight is 231 g/mol. The Balaban J connectivity index is 2.51. The number of hydrogen-bond donors (Lipinski definition) is 0. The fourth-order valence-electron chi connectivity index (χ4n) is 1.15. The third-order valence-electron chi connectivity index (χ3n) is 1.99. The lowest BCUT2D eigenvalue weighted by atomic mass is 10.3. The first-order chi connectivity index (χ1) is 7.27. The van der Waals surface area contributed by atoms with Gasteiger partial charge in [0.15, 0.2) is 0 Å². The standard InChI is InChI=1S/C11H15ClO3/c1-2-3-4-5-14-11-8-15-9(7-12)6-10(11)13/h6,8H,2-5,7H2,1H3. The first-order valence-electron chi connectivity index (χ1n) is 5.08. The Morgan fingerprint density at radius 1 is 1.47 bits per heavy atom. The third-order valence-corrected chi connectivity index (χ3v) is 2.25. The molecule has 1 aromatic heterocycles. The largest absolute Gasteiger partial charge is 0.487 e. The summed E-state index contributed by atoms with van der Waals surface area (Å²) in [6, 6.07) is 1.36. The zero-order valence-electron chi connectivity index (χ0n) is 8.79. The van der Waals surface area contributed by atoms with Gasteiger partial charge in [-0.3, -0.25) is 4.79 Å². The van der Waals surface area contributed by atoms with E-state index in [0.29, 0.717) is 12.4 Å². The monoisotopic (exact) mass is 230 g/mol. The Bertz CT molecular complexity index is 346. The predicted octanol–water partition coefficient (Wildman–Crippen LogP) is 2.95. The van der Waals surface area contributed by atoms with Crippen molar-refractivity contribution >= 4 is 11.6 Å². The average Bonchev–Trinajstić information content (AvgIpc) is 2.26. The molecule has 0 radical (unpaired) electrons. The second kappa shape index (κ2) is 6.51. The molecule has 0 spiro atoms. The minimum atomic E-state index is -0.173. The van der Waals surface area contributed by atoms with Gasteiger partial charge >= 0.3 is 0 Å². The Kier molecular flexibility index (Phi) is 5.26. The maximum Gasteiger partial charge on any atom is 0.227 e. The summed E-state index contributed by atoms with van der Waals surface area (Å²) in [5.74, 6) is 0.924. The Morgan fingerprint density at radius 3 is 2.87 bits per heavy atom. The molecule has 1 heterocycles. The summed E-state index contributed by atoms with van der Waals surface area (Å²) in [7, 11) is 0. The van der Waals surface area contributed by atoms with Crippen molar-refractivity contribution in [3.05, 3.63) is 28.3 Å². The van der Waals surface area contributed by atoms with Gasteiger partial charge < -0.3 is 9.15 Å². The van der Waals surface area contributed by atoms with E-state index in [2.05, 4.69) is 6.92 Å². The minimum Gasteiger partial charge on any atom is -0.487 e. The van der Waals surface area contributed by atoms with Crippen LogP contribution in [0, 0.1) is 0 Å². The van der Waals surface area contributed by atoms with Crippen LogP contribution in [0.1, 0.15) is 31.9 Å². The highest BCUT2D eigenvalue weighted by atomic mass is 35.5. The third kappa shape index (κ3) is 3.96. The molecule has 84 valence electrons. The van der Waals surface area contributed by atoms with Crippen LogP contribution in [0.3, 0.4) is 0 Å². The second-order valence-corrected chi connectivity index (χ2v) is 3.53. The lowest BCUT2D eigenvalue weighted by molar-refractivity contribution is 0.291. The number of alkyl halides is 1. The van der Waals surface area contributed by atoms with Gasteiger partial charge in [-0.05, 0) is 6.42 Å². The van der Waals surface area contributed by atoms with Crippen LogP contribution >= 0.6 is 11.6 Å². The SMILES string of the molecule is CCCCCOc1coc(CCl)cc1=O. The maximum absolute atomic E-state index is 11.4. The van der Waals surface area contributed by atoms with Crippen molar-refractivity contribution < 1.29 is 9.15 Å². The lowest BCUT2D eigenvalue weighted by Crippen LogP contribution is -2.08. The Morgan fingerprint density at radius 2 is 2.27 bits per heavy atom. The van der Waals surface area contributed by atoms with Gasteiger partial charge in [-0.1, -0.05) is 19.8 Å². The van der Waals surface area contributed by atoms with E-state index < -0.39 is 0 Å². The molecule has 0 atom stereocenters. The van der Waals surface area contributed by atoms with Crippen LogP contribution in [0.2, 0.25) is 0 Å². The maximum atomic E-state index is 11.4. The van der Waals surface area contributed by atoms with Gasteiger partial charge in [-0.15, -0.1) is 11.6 Å². The van der Waals surface area contributed by atoms with Gasteiger partial charge in [-0.25, -0.2) is 0 Å². The fourth-order valence-corrected chi connectivity index (χ4v) is 1.29. The van der Waals surface area contributed by atoms with E-state index in [4.69, 9.17) is 20.8 Å². The predicted molar refractivity (Wildman–Crippen MR) is 59.6 cm³/mol. The van der Waals surface area contributed by atoms with E-state index in [1.54, 1.807) is 0 Å². The van der Waals surface area contributed by atoms with Crippen LogP contribution in [-0.2, 0) is 5.88 Å². The Labute approximate surface area is 94.0 Å². The molecular weight excluding hydrogens is 216 g/mol. The molecule has 0 fully saturated rings. The molecule has 1 rings (SSSR count). The van der Waals surface area contributed by atoms with Crippen molar-refractivity contribution in [1.29, 1.82) is 0 Å². The van der Waals surface area contributed by atoms with Crippen LogP contribution in [-0.4, -0.2) is 6.61 Å². The molecule has 0 bridgehead atoms. The smallest absolute Gasteiger partial charge is 0.227 e. The highest BCUT2D eigenvalue weighted by molar-refractivity contribution is 6.16. The summed E-state index contributed by atoms with van der Waals surface area (Å²) in [5, 5.41) is 0. The van der Waals surface area contributed by atoms with Crippen molar-refractivity contribution in [2.45, 2.75) is 32.1 Å². The van der Waals surface area contributed by atoms with Crippen molar-refractivity contribution in [1.82, 2.24) is 0 Å². The zero-order chi connectivity index (χ0) is 11.1. The number of halogens is 1. The molecule has 0 saturated carbocycles. The van der Waals surface area contributed by atoms with Gasteiger partial charge in [-0.2, -0.15) is 0 Å².